The second-order valence-corrected chi connectivity index (χ2v) is 7.60. The van der Waals surface area contributed by atoms with Crippen LogP contribution in [0.5, 0.6) is 0 Å². The number of nitrogens with zero attached hydrogens (tertiary/aromatic N) is 1. The van der Waals surface area contributed by atoms with Crippen molar-refractivity contribution in [3.05, 3.63) is 76.3 Å². The van der Waals surface area contributed by atoms with E-state index in [9.17, 15) is 14.7 Å². The van der Waals surface area contributed by atoms with Gasteiger partial charge in [-0.05, 0) is 24.1 Å². The Balaban J connectivity index is 1.78. The molecule has 144 valence electrons. The van der Waals surface area contributed by atoms with Gasteiger partial charge >= 0.3 is 5.97 Å². The number of aromatic nitrogens is 1. The van der Waals surface area contributed by atoms with Gasteiger partial charge in [-0.1, -0.05) is 61.0 Å². The van der Waals surface area contributed by atoms with E-state index in [0.717, 1.165) is 10.6 Å². The Hall–Kier alpha value is -2.70. The largest absolute Gasteiger partial charge is 0.479 e. The van der Waals surface area contributed by atoms with E-state index < -0.39 is 17.4 Å². The predicted octanol–water partition coefficient (Wildman–Crippen LogP) is 4.51. The number of carboxylic acids is 1. The van der Waals surface area contributed by atoms with Gasteiger partial charge in [0.25, 0.3) is 0 Å². The van der Waals surface area contributed by atoms with E-state index in [1.165, 1.54) is 11.3 Å². The zero-order valence-electron chi connectivity index (χ0n) is 15.2. The van der Waals surface area contributed by atoms with Gasteiger partial charge in [0, 0.05) is 16.0 Å². The van der Waals surface area contributed by atoms with Crippen molar-refractivity contribution in [1.82, 2.24) is 10.3 Å². The summed E-state index contributed by atoms with van der Waals surface area (Å²) in [7, 11) is 0. The van der Waals surface area contributed by atoms with Gasteiger partial charge in [0.05, 0.1) is 12.1 Å². The number of carbonyl (C=O) groups excluding carboxylic acids is 1. The number of carboxylic acid groups (broad SMARTS) is 1. The summed E-state index contributed by atoms with van der Waals surface area (Å²) in [5.74, 6) is -1.48. The van der Waals surface area contributed by atoms with E-state index >= 15 is 0 Å². The zero-order valence-corrected chi connectivity index (χ0v) is 16.8. The maximum atomic E-state index is 12.6. The molecular weight excluding hydrogens is 396 g/mol. The van der Waals surface area contributed by atoms with Crippen molar-refractivity contribution in [1.29, 1.82) is 0 Å². The first-order valence-corrected chi connectivity index (χ1v) is 10.0. The highest BCUT2D eigenvalue weighted by Crippen LogP contribution is 2.28. The Bertz CT molecular complexity index is 990. The molecule has 5 nitrogen and oxygen atoms in total. The molecule has 1 aromatic heterocycles. The highest BCUT2D eigenvalue weighted by Gasteiger charge is 2.40. The van der Waals surface area contributed by atoms with Crippen LogP contribution in [0.1, 0.15) is 24.6 Å². The molecule has 0 aliphatic rings. The smallest absolute Gasteiger partial charge is 0.334 e. The first-order chi connectivity index (χ1) is 13.4. The molecule has 3 rings (SSSR count). The normalized spacial score (nSPS) is 12.9. The summed E-state index contributed by atoms with van der Waals surface area (Å²) in [6.45, 7) is 1.74. The number of hydrogen-bond acceptors (Lipinski definition) is 4. The standard InChI is InChI=1S/C21H19ClN2O3S/c1-2-21(20(26)27,15-8-4-3-5-9-15)24-18(25)12-17-13-28-19(23-17)14-7-6-10-16(22)11-14/h3-11,13H,2,12H2,1H3,(H,24,25)(H,26,27). The molecule has 0 bridgehead atoms. The maximum Gasteiger partial charge on any atom is 0.334 e. The molecule has 1 amide bonds. The number of carbonyl (C=O) groups is 2. The summed E-state index contributed by atoms with van der Waals surface area (Å²) in [4.78, 5) is 29.1. The van der Waals surface area contributed by atoms with Crippen molar-refractivity contribution in [2.45, 2.75) is 25.3 Å². The van der Waals surface area contributed by atoms with E-state index in [4.69, 9.17) is 11.6 Å². The molecule has 7 heteroatoms. The molecule has 0 radical (unpaired) electrons. The van der Waals surface area contributed by atoms with Crippen molar-refractivity contribution in [3.8, 4) is 10.6 Å². The van der Waals surface area contributed by atoms with E-state index in [-0.39, 0.29) is 12.8 Å². The summed E-state index contributed by atoms with van der Waals surface area (Å²) in [6, 6.07) is 16.1. The number of nitrogens with one attached hydrogen (secondary N) is 1. The molecule has 3 aromatic rings. The second kappa shape index (κ2) is 8.54. The van der Waals surface area contributed by atoms with Gasteiger partial charge in [-0.3, -0.25) is 4.79 Å². The number of aliphatic carboxylic acids is 1. The van der Waals surface area contributed by atoms with Crippen LogP contribution in [-0.4, -0.2) is 22.0 Å². The number of thiazole rings is 1. The van der Waals surface area contributed by atoms with Crippen molar-refractivity contribution >= 4 is 34.8 Å². The van der Waals surface area contributed by atoms with Gasteiger partial charge < -0.3 is 10.4 Å². The molecule has 1 unspecified atom stereocenters. The van der Waals surface area contributed by atoms with E-state index in [1.54, 1.807) is 48.7 Å². The molecule has 0 saturated carbocycles. The van der Waals surface area contributed by atoms with Crippen LogP contribution in [0, 0.1) is 0 Å². The van der Waals surface area contributed by atoms with Gasteiger partial charge in [0.1, 0.15) is 5.01 Å². The highest BCUT2D eigenvalue weighted by atomic mass is 35.5. The van der Waals surface area contributed by atoms with Crippen LogP contribution >= 0.6 is 22.9 Å². The van der Waals surface area contributed by atoms with E-state index in [0.29, 0.717) is 16.3 Å². The van der Waals surface area contributed by atoms with Crippen LogP contribution in [0.2, 0.25) is 5.02 Å². The quantitative estimate of drug-likeness (QED) is 0.596. The number of halogens is 1. The van der Waals surface area contributed by atoms with Crippen LogP contribution in [-0.2, 0) is 21.5 Å². The fraction of sp³-hybridized carbons (Fsp3) is 0.190. The van der Waals surface area contributed by atoms with Gasteiger partial charge in [-0.2, -0.15) is 0 Å². The van der Waals surface area contributed by atoms with Gasteiger partial charge in [0.2, 0.25) is 5.91 Å². The first-order valence-electron chi connectivity index (χ1n) is 8.75. The van der Waals surface area contributed by atoms with Crippen LogP contribution in [0.3, 0.4) is 0 Å². The lowest BCUT2D eigenvalue weighted by Gasteiger charge is -2.30. The third kappa shape index (κ3) is 4.24. The topological polar surface area (TPSA) is 79.3 Å². The Morgan fingerprint density at radius 1 is 1.18 bits per heavy atom. The molecule has 0 fully saturated rings. The Kier molecular flexibility index (Phi) is 6.11. The SMILES string of the molecule is CCC(NC(=O)Cc1csc(-c2cccc(Cl)c2)n1)(C(=O)O)c1ccccc1. The molecule has 0 saturated heterocycles. The van der Waals surface area contributed by atoms with Crippen LogP contribution in [0.25, 0.3) is 10.6 Å². The molecule has 1 atom stereocenters. The van der Waals surface area contributed by atoms with Crippen molar-refractivity contribution in [2.24, 2.45) is 0 Å². The summed E-state index contributed by atoms with van der Waals surface area (Å²) >= 11 is 7.43. The third-order valence-electron chi connectivity index (χ3n) is 4.48. The minimum absolute atomic E-state index is 0.00106. The average Bonchev–Trinajstić information content (AvgIpc) is 3.15. The second-order valence-electron chi connectivity index (χ2n) is 6.31. The van der Waals surface area contributed by atoms with Gasteiger partial charge in [-0.25, -0.2) is 9.78 Å². The molecule has 28 heavy (non-hydrogen) atoms. The van der Waals surface area contributed by atoms with Crippen molar-refractivity contribution < 1.29 is 14.7 Å². The van der Waals surface area contributed by atoms with Gasteiger partial charge in [-0.15, -0.1) is 11.3 Å². The Morgan fingerprint density at radius 2 is 1.93 bits per heavy atom. The lowest BCUT2D eigenvalue weighted by atomic mass is 9.87. The van der Waals surface area contributed by atoms with Crippen molar-refractivity contribution in [3.63, 3.8) is 0 Å². The number of benzene rings is 2. The molecular formula is C21H19ClN2O3S. The first kappa shape index (κ1) is 20.0. The highest BCUT2D eigenvalue weighted by molar-refractivity contribution is 7.13. The third-order valence-corrected chi connectivity index (χ3v) is 5.66. The van der Waals surface area contributed by atoms with E-state index in [1.807, 2.05) is 18.2 Å². The summed E-state index contributed by atoms with van der Waals surface area (Å²) < 4.78 is 0. The van der Waals surface area contributed by atoms with Crippen LogP contribution < -0.4 is 5.32 Å². The maximum absolute atomic E-state index is 12.6. The molecule has 0 aliphatic carbocycles. The Morgan fingerprint density at radius 3 is 2.57 bits per heavy atom. The average molecular weight is 415 g/mol. The minimum atomic E-state index is -1.47. The fourth-order valence-electron chi connectivity index (χ4n) is 3.00. The number of amides is 1. The fourth-order valence-corrected chi connectivity index (χ4v) is 4.01. The zero-order chi connectivity index (χ0) is 20.1. The molecule has 0 aliphatic heterocycles. The number of hydrogen-bond donors (Lipinski definition) is 2. The molecule has 2 aromatic carbocycles. The summed E-state index contributed by atoms with van der Waals surface area (Å²) in [5, 5.41) is 15.7. The molecule has 0 spiro atoms. The summed E-state index contributed by atoms with van der Waals surface area (Å²) in [5.41, 5.74) is 0.531. The minimum Gasteiger partial charge on any atom is -0.479 e. The monoisotopic (exact) mass is 414 g/mol. The van der Waals surface area contributed by atoms with E-state index in [2.05, 4.69) is 10.3 Å². The summed E-state index contributed by atoms with van der Waals surface area (Å²) in [6.07, 6.45) is 0.224. The molecule has 2 N–H and O–H groups in total. The lowest BCUT2D eigenvalue weighted by molar-refractivity contribution is -0.148. The lowest BCUT2D eigenvalue weighted by Crippen LogP contribution is -2.52. The van der Waals surface area contributed by atoms with Crippen LogP contribution in [0.4, 0.5) is 0 Å². The Labute approximate surface area is 172 Å². The molecule has 1 heterocycles. The van der Waals surface area contributed by atoms with Crippen LogP contribution in [0.15, 0.2) is 60.0 Å². The predicted molar refractivity (Wildman–Crippen MR) is 110 cm³/mol. The van der Waals surface area contributed by atoms with Gasteiger partial charge in [0.15, 0.2) is 5.54 Å². The van der Waals surface area contributed by atoms with Crippen molar-refractivity contribution in [2.75, 3.05) is 0 Å². The number of rotatable bonds is 7.